The van der Waals surface area contributed by atoms with Crippen LogP contribution in [0.1, 0.15) is 34.1 Å². The fraction of sp³-hybridized carbons (Fsp3) is 0.192. The Morgan fingerprint density at radius 1 is 0.806 bits per heavy atom. The Balaban J connectivity index is 0.000000504. The highest BCUT2D eigenvalue weighted by molar-refractivity contribution is 5.85. The van der Waals surface area contributed by atoms with Crippen molar-refractivity contribution in [1.29, 1.82) is 0 Å². The van der Waals surface area contributed by atoms with Crippen LogP contribution in [0.3, 0.4) is 0 Å². The quantitative estimate of drug-likeness (QED) is 0.347. The standard InChI is InChI=1S/C21H14N4O.C3H8.C2H6/c26-19-8-2-1-6-16(19)20-24-17-7-4-12-23-21(17)25(20)15-10-9-14-5-3-11-22-18(14)13-15;1-3-2;1-2/h1-13,26H;3H2,1-2H3;1-2H3. The van der Waals surface area contributed by atoms with Crippen LogP contribution in [-0.2, 0) is 0 Å². The second-order valence-corrected chi connectivity index (χ2v) is 6.72. The van der Waals surface area contributed by atoms with Crippen molar-refractivity contribution in [1.82, 2.24) is 19.5 Å². The lowest BCUT2D eigenvalue weighted by molar-refractivity contribution is 0.477. The van der Waals surface area contributed by atoms with Crippen LogP contribution in [0.2, 0.25) is 0 Å². The van der Waals surface area contributed by atoms with Gasteiger partial charge in [0.05, 0.1) is 16.8 Å². The van der Waals surface area contributed by atoms with E-state index in [9.17, 15) is 5.11 Å². The Morgan fingerprint density at radius 3 is 2.29 bits per heavy atom. The number of nitrogens with zero attached hydrogens (tertiary/aromatic N) is 4. The van der Waals surface area contributed by atoms with Crippen LogP contribution in [0.5, 0.6) is 5.75 Å². The summed E-state index contributed by atoms with van der Waals surface area (Å²) < 4.78 is 1.96. The summed E-state index contributed by atoms with van der Waals surface area (Å²) >= 11 is 0. The van der Waals surface area contributed by atoms with E-state index >= 15 is 0 Å². The molecule has 3 heterocycles. The van der Waals surface area contributed by atoms with Crippen LogP contribution in [0, 0.1) is 0 Å². The number of phenols is 1. The SMILES string of the molecule is CC.CCC.Oc1ccccc1-c1nc2cccnc2n1-c1ccc2cccnc2c1. The Kier molecular flexibility index (Phi) is 7.33. The largest absolute Gasteiger partial charge is 0.507 e. The third-order valence-electron chi connectivity index (χ3n) is 4.41. The van der Waals surface area contributed by atoms with E-state index in [1.807, 2.05) is 73.0 Å². The van der Waals surface area contributed by atoms with Crippen molar-refractivity contribution in [2.24, 2.45) is 0 Å². The molecular formula is C26H28N4O. The molecule has 0 atom stereocenters. The van der Waals surface area contributed by atoms with E-state index < -0.39 is 0 Å². The highest BCUT2D eigenvalue weighted by Gasteiger charge is 2.17. The zero-order chi connectivity index (χ0) is 22.2. The number of hydrogen-bond donors (Lipinski definition) is 1. The first-order valence-electron chi connectivity index (χ1n) is 10.7. The Hall–Kier alpha value is -3.73. The minimum Gasteiger partial charge on any atom is -0.507 e. The molecule has 2 aromatic carbocycles. The molecule has 3 aromatic heterocycles. The third-order valence-corrected chi connectivity index (χ3v) is 4.41. The van der Waals surface area contributed by atoms with Gasteiger partial charge in [-0.1, -0.05) is 58.4 Å². The van der Waals surface area contributed by atoms with Crippen LogP contribution in [0.25, 0.3) is 39.1 Å². The molecule has 0 fully saturated rings. The molecule has 1 N–H and O–H groups in total. The molecule has 0 bridgehead atoms. The van der Waals surface area contributed by atoms with E-state index in [1.54, 1.807) is 24.5 Å². The predicted octanol–water partition coefficient (Wildman–Crippen LogP) is 6.78. The Bertz CT molecular complexity index is 1280. The normalized spacial score (nSPS) is 10.2. The van der Waals surface area contributed by atoms with E-state index in [1.165, 1.54) is 6.42 Å². The molecule has 0 unspecified atom stereocenters. The predicted molar refractivity (Wildman–Crippen MR) is 129 cm³/mol. The lowest BCUT2D eigenvalue weighted by atomic mass is 10.1. The van der Waals surface area contributed by atoms with Gasteiger partial charge >= 0.3 is 0 Å². The van der Waals surface area contributed by atoms with Gasteiger partial charge in [-0.15, -0.1) is 0 Å². The Labute approximate surface area is 183 Å². The molecule has 5 heteroatoms. The van der Waals surface area contributed by atoms with Crippen LogP contribution in [-0.4, -0.2) is 24.6 Å². The number of pyridine rings is 2. The second-order valence-electron chi connectivity index (χ2n) is 6.72. The molecule has 5 aromatic rings. The zero-order valence-electron chi connectivity index (χ0n) is 18.4. The van der Waals surface area contributed by atoms with E-state index in [-0.39, 0.29) is 5.75 Å². The van der Waals surface area contributed by atoms with Gasteiger partial charge in [-0.3, -0.25) is 9.55 Å². The number of para-hydroxylation sites is 1. The maximum Gasteiger partial charge on any atom is 0.164 e. The average Bonchev–Trinajstić information content (AvgIpc) is 3.20. The molecule has 0 amide bonds. The number of aromatic hydroxyl groups is 1. The summed E-state index contributed by atoms with van der Waals surface area (Å²) in [5, 5.41) is 11.4. The van der Waals surface area contributed by atoms with Gasteiger partial charge in [-0.25, -0.2) is 9.97 Å². The van der Waals surface area contributed by atoms with Gasteiger partial charge in [0.25, 0.3) is 0 Å². The molecule has 5 nitrogen and oxygen atoms in total. The van der Waals surface area contributed by atoms with Crippen molar-refractivity contribution in [3.63, 3.8) is 0 Å². The first kappa shape index (κ1) is 22.0. The lowest BCUT2D eigenvalue weighted by Gasteiger charge is -2.10. The number of imidazole rings is 1. The van der Waals surface area contributed by atoms with Crippen LogP contribution < -0.4 is 0 Å². The highest BCUT2D eigenvalue weighted by Crippen LogP contribution is 2.33. The molecule has 31 heavy (non-hydrogen) atoms. The fourth-order valence-electron chi connectivity index (χ4n) is 3.19. The van der Waals surface area contributed by atoms with Gasteiger partial charge in [0.1, 0.15) is 11.3 Å². The van der Waals surface area contributed by atoms with E-state index in [0.29, 0.717) is 11.4 Å². The first-order valence-corrected chi connectivity index (χ1v) is 10.7. The number of benzene rings is 2. The van der Waals surface area contributed by atoms with Gasteiger partial charge in [0.2, 0.25) is 0 Å². The molecule has 0 radical (unpaired) electrons. The number of rotatable bonds is 2. The maximum atomic E-state index is 10.3. The molecule has 0 spiro atoms. The minimum atomic E-state index is 0.183. The van der Waals surface area contributed by atoms with Gasteiger partial charge in [-0.05, 0) is 42.5 Å². The summed E-state index contributed by atoms with van der Waals surface area (Å²) in [6, 6.07) is 21.0. The van der Waals surface area contributed by atoms with Gasteiger partial charge in [0, 0.05) is 17.8 Å². The molecule has 0 aliphatic rings. The lowest BCUT2D eigenvalue weighted by Crippen LogP contribution is -1.99. The van der Waals surface area contributed by atoms with E-state index in [4.69, 9.17) is 4.98 Å². The van der Waals surface area contributed by atoms with Gasteiger partial charge < -0.3 is 5.11 Å². The molecule has 5 rings (SSSR count). The van der Waals surface area contributed by atoms with Crippen molar-refractivity contribution in [3.8, 4) is 22.8 Å². The number of hydrogen-bond acceptors (Lipinski definition) is 4. The summed E-state index contributed by atoms with van der Waals surface area (Å²) in [6.45, 7) is 8.25. The highest BCUT2D eigenvalue weighted by atomic mass is 16.3. The summed E-state index contributed by atoms with van der Waals surface area (Å²) in [7, 11) is 0. The summed E-state index contributed by atoms with van der Waals surface area (Å²) in [5.41, 5.74) is 3.96. The molecule has 0 aliphatic carbocycles. The fourth-order valence-corrected chi connectivity index (χ4v) is 3.19. The van der Waals surface area contributed by atoms with E-state index in [2.05, 4.69) is 23.8 Å². The number of fused-ring (bicyclic) bond motifs is 2. The molecular weight excluding hydrogens is 384 g/mol. The molecule has 0 saturated heterocycles. The van der Waals surface area contributed by atoms with Crippen molar-refractivity contribution in [3.05, 3.63) is 79.1 Å². The summed E-state index contributed by atoms with van der Waals surface area (Å²) in [6.07, 6.45) is 4.77. The van der Waals surface area contributed by atoms with Crippen LogP contribution in [0.4, 0.5) is 0 Å². The number of phenolic OH excluding ortho intramolecular Hbond substituents is 1. The van der Waals surface area contributed by atoms with Gasteiger partial charge in [-0.2, -0.15) is 0 Å². The Morgan fingerprint density at radius 2 is 1.52 bits per heavy atom. The van der Waals surface area contributed by atoms with Crippen LogP contribution >= 0.6 is 0 Å². The van der Waals surface area contributed by atoms with Crippen molar-refractivity contribution in [2.75, 3.05) is 0 Å². The number of aromatic nitrogens is 4. The molecule has 158 valence electrons. The maximum absolute atomic E-state index is 10.3. The minimum absolute atomic E-state index is 0.183. The van der Waals surface area contributed by atoms with E-state index in [0.717, 1.165) is 27.8 Å². The second kappa shape index (κ2) is 10.3. The first-order chi connectivity index (χ1) is 15.2. The molecule has 0 saturated carbocycles. The third kappa shape index (κ3) is 4.56. The van der Waals surface area contributed by atoms with Gasteiger partial charge in [0.15, 0.2) is 11.5 Å². The van der Waals surface area contributed by atoms with Crippen molar-refractivity contribution in [2.45, 2.75) is 34.1 Å². The van der Waals surface area contributed by atoms with Crippen LogP contribution in [0.15, 0.2) is 79.1 Å². The smallest absolute Gasteiger partial charge is 0.164 e. The van der Waals surface area contributed by atoms with Crippen molar-refractivity contribution < 1.29 is 5.11 Å². The monoisotopic (exact) mass is 412 g/mol. The summed E-state index contributed by atoms with van der Waals surface area (Å²) in [5.74, 6) is 0.829. The molecule has 0 aliphatic heterocycles. The topological polar surface area (TPSA) is 63.8 Å². The zero-order valence-corrected chi connectivity index (χ0v) is 18.4. The average molecular weight is 413 g/mol. The van der Waals surface area contributed by atoms with Crippen molar-refractivity contribution >= 4 is 22.1 Å². The summed E-state index contributed by atoms with van der Waals surface area (Å²) in [4.78, 5) is 13.7.